The first-order valence-corrected chi connectivity index (χ1v) is 18.7. The molecule has 1 aromatic heterocycles. The van der Waals surface area contributed by atoms with Crippen molar-refractivity contribution in [2.45, 2.75) is 82.0 Å². The van der Waals surface area contributed by atoms with Crippen LogP contribution in [0.25, 0.3) is 0 Å². The van der Waals surface area contributed by atoms with E-state index in [9.17, 15) is 23.1 Å². The molecule has 2 aromatic carbocycles. The number of sulfonamides is 1. The van der Waals surface area contributed by atoms with Crippen LogP contribution in [0.2, 0.25) is 0 Å². The Labute approximate surface area is 295 Å². The van der Waals surface area contributed by atoms with Crippen molar-refractivity contribution in [1.82, 2.24) is 24.8 Å². The first-order valence-electron chi connectivity index (χ1n) is 17.2. The van der Waals surface area contributed by atoms with Crippen LogP contribution < -0.4 is 10.6 Å². The van der Waals surface area contributed by atoms with Crippen LogP contribution in [0.5, 0.6) is 0 Å². The van der Waals surface area contributed by atoms with E-state index in [4.69, 9.17) is 5.21 Å². The molecule has 0 unspecified atom stereocenters. The molecule has 13 heteroatoms. The SMILES string of the molecule is CC[C@H](C)[C@H](NC(=O)N(C)Cc1ccccn1)C(=O)N[C@@H](Cc1ccccc1)[C@@H](O)CN(CC1CCCC1)S(=O)(=O)c1ccc(C=NO)cc1. The molecule has 4 atom stereocenters. The van der Waals surface area contributed by atoms with Crippen molar-refractivity contribution in [2.75, 3.05) is 20.1 Å². The van der Waals surface area contributed by atoms with Gasteiger partial charge in [-0.1, -0.05) is 86.8 Å². The zero-order valence-corrected chi connectivity index (χ0v) is 29.9. The van der Waals surface area contributed by atoms with Gasteiger partial charge in [-0.2, -0.15) is 4.31 Å². The van der Waals surface area contributed by atoms with Crippen molar-refractivity contribution >= 4 is 28.2 Å². The highest BCUT2D eigenvalue weighted by Gasteiger charge is 2.35. The molecule has 50 heavy (non-hydrogen) atoms. The van der Waals surface area contributed by atoms with Gasteiger partial charge in [-0.3, -0.25) is 9.78 Å². The molecule has 1 fully saturated rings. The minimum Gasteiger partial charge on any atom is -0.411 e. The van der Waals surface area contributed by atoms with Crippen molar-refractivity contribution < 1.29 is 28.3 Å². The maximum absolute atomic E-state index is 14.1. The molecule has 4 N–H and O–H groups in total. The molecule has 0 bridgehead atoms. The van der Waals surface area contributed by atoms with Crippen molar-refractivity contribution in [3.63, 3.8) is 0 Å². The summed E-state index contributed by atoms with van der Waals surface area (Å²) in [6.07, 6.45) is 6.24. The molecule has 3 aromatic rings. The summed E-state index contributed by atoms with van der Waals surface area (Å²) >= 11 is 0. The maximum atomic E-state index is 14.1. The Hall–Kier alpha value is -4.33. The topological polar surface area (TPSA) is 165 Å². The number of carbonyl (C=O) groups is 2. The Bertz CT molecular complexity index is 1640. The largest absolute Gasteiger partial charge is 0.411 e. The van der Waals surface area contributed by atoms with Crippen LogP contribution in [0, 0.1) is 11.8 Å². The minimum atomic E-state index is -4.05. The summed E-state index contributed by atoms with van der Waals surface area (Å²) in [5.41, 5.74) is 2.08. The Morgan fingerprint density at radius 2 is 1.70 bits per heavy atom. The van der Waals surface area contributed by atoms with E-state index < -0.39 is 40.1 Å². The van der Waals surface area contributed by atoms with Gasteiger partial charge in [0.1, 0.15) is 6.04 Å². The molecule has 0 saturated heterocycles. The molecule has 3 amide bonds. The van der Waals surface area contributed by atoms with Gasteiger partial charge in [-0.25, -0.2) is 13.2 Å². The van der Waals surface area contributed by atoms with Gasteiger partial charge in [0.05, 0.1) is 35.5 Å². The van der Waals surface area contributed by atoms with Crippen molar-refractivity contribution in [3.05, 3.63) is 95.8 Å². The highest BCUT2D eigenvalue weighted by atomic mass is 32.2. The molecule has 1 aliphatic carbocycles. The number of pyridine rings is 1. The van der Waals surface area contributed by atoms with Gasteiger partial charge in [0.25, 0.3) is 0 Å². The second-order valence-corrected chi connectivity index (χ2v) is 15.1. The monoisotopic (exact) mass is 706 g/mol. The van der Waals surface area contributed by atoms with Crippen LogP contribution >= 0.6 is 0 Å². The molecule has 270 valence electrons. The Morgan fingerprint density at radius 1 is 1.02 bits per heavy atom. The van der Waals surface area contributed by atoms with E-state index >= 15 is 0 Å². The molecule has 0 aliphatic heterocycles. The third-order valence-electron chi connectivity index (χ3n) is 9.39. The molecule has 12 nitrogen and oxygen atoms in total. The molecular weight excluding hydrogens is 657 g/mol. The number of aromatic nitrogens is 1. The summed E-state index contributed by atoms with van der Waals surface area (Å²) in [4.78, 5) is 33.1. The molecule has 0 radical (unpaired) electrons. The van der Waals surface area contributed by atoms with Crippen LogP contribution in [0.1, 0.15) is 62.8 Å². The predicted molar refractivity (Wildman–Crippen MR) is 192 cm³/mol. The van der Waals surface area contributed by atoms with Crippen LogP contribution in [-0.4, -0.2) is 89.4 Å². The van der Waals surface area contributed by atoms with Gasteiger partial charge in [0.15, 0.2) is 0 Å². The van der Waals surface area contributed by atoms with E-state index in [1.807, 2.05) is 56.3 Å². The highest BCUT2D eigenvalue weighted by molar-refractivity contribution is 7.89. The number of oxime groups is 1. The third-order valence-corrected chi connectivity index (χ3v) is 11.2. The number of hydrogen-bond donors (Lipinski definition) is 4. The van der Waals surface area contributed by atoms with E-state index in [1.54, 1.807) is 31.4 Å². The molecule has 0 spiro atoms. The summed E-state index contributed by atoms with van der Waals surface area (Å²) in [6.45, 7) is 4.04. The fraction of sp³-hybridized carbons (Fsp3) is 0.459. The fourth-order valence-corrected chi connectivity index (χ4v) is 7.74. The van der Waals surface area contributed by atoms with Crippen LogP contribution in [-0.2, 0) is 27.8 Å². The van der Waals surface area contributed by atoms with Gasteiger partial charge < -0.3 is 25.8 Å². The Morgan fingerprint density at radius 3 is 2.32 bits per heavy atom. The summed E-state index contributed by atoms with van der Waals surface area (Å²) < 4.78 is 29.5. The summed E-state index contributed by atoms with van der Waals surface area (Å²) in [5.74, 6) is -0.562. The van der Waals surface area contributed by atoms with E-state index in [0.717, 1.165) is 31.2 Å². The van der Waals surface area contributed by atoms with Crippen molar-refractivity contribution in [1.29, 1.82) is 0 Å². The van der Waals surface area contributed by atoms with E-state index in [1.165, 1.54) is 27.6 Å². The molecule has 1 aliphatic rings. The average molecular weight is 707 g/mol. The van der Waals surface area contributed by atoms with Gasteiger partial charge in [-0.15, -0.1) is 0 Å². The quantitative estimate of drug-likeness (QED) is 0.0917. The van der Waals surface area contributed by atoms with Crippen LogP contribution in [0.3, 0.4) is 0 Å². The lowest BCUT2D eigenvalue weighted by molar-refractivity contribution is -0.125. The number of amides is 3. The maximum Gasteiger partial charge on any atom is 0.318 e. The number of rotatable bonds is 17. The Balaban J connectivity index is 1.58. The first-order chi connectivity index (χ1) is 24.0. The van der Waals surface area contributed by atoms with Crippen molar-refractivity contribution in [2.24, 2.45) is 17.0 Å². The zero-order chi connectivity index (χ0) is 36.1. The number of aliphatic hydroxyl groups is 1. The summed E-state index contributed by atoms with van der Waals surface area (Å²) in [7, 11) is -2.42. The highest BCUT2D eigenvalue weighted by Crippen LogP contribution is 2.28. The lowest BCUT2D eigenvalue weighted by Gasteiger charge is -2.33. The fourth-order valence-electron chi connectivity index (χ4n) is 6.20. The molecule has 1 saturated carbocycles. The number of urea groups is 1. The van der Waals surface area contributed by atoms with Crippen LogP contribution in [0.4, 0.5) is 4.79 Å². The minimum absolute atomic E-state index is 0.0517. The van der Waals surface area contributed by atoms with E-state index in [2.05, 4.69) is 20.8 Å². The van der Waals surface area contributed by atoms with E-state index in [-0.39, 0.29) is 42.8 Å². The van der Waals surface area contributed by atoms with E-state index in [0.29, 0.717) is 17.7 Å². The second kappa shape index (κ2) is 18.6. The summed E-state index contributed by atoms with van der Waals surface area (Å²) in [6, 6.07) is 18.6. The van der Waals surface area contributed by atoms with Gasteiger partial charge in [0.2, 0.25) is 15.9 Å². The second-order valence-electron chi connectivity index (χ2n) is 13.1. The first kappa shape index (κ1) is 38.5. The molecule has 1 heterocycles. The van der Waals surface area contributed by atoms with Gasteiger partial charge >= 0.3 is 6.03 Å². The number of benzene rings is 2. The lowest BCUT2D eigenvalue weighted by Crippen LogP contribution is -2.58. The molecule has 4 rings (SSSR count). The zero-order valence-electron chi connectivity index (χ0n) is 29.1. The van der Waals surface area contributed by atoms with Gasteiger partial charge in [0, 0.05) is 26.3 Å². The Kier molecular flexibility index (Phi) is 14.3. The number of carbonyl (C=O) groups excluding carboxylic acids is 2. The summed E-state index contributed by atoms with van der Waals surface area (Å²) in [5, 5.41) is 29.6. The van der Waals surface area contributed by atoms with Gasteiger partial charge in [-0.05, 0) is 66.5 Å². The van der Waals surface area contributed by atoms with Crippen molar-refractivity contribution in [3.8, 4) is 0 Å². The smallest absolute Gasteiger partial charge is 0.318 e. The number of hydrogen-bond acceptors (Lipinski definition) is 8. The standard InChI is InChI=1S/C37H50N6O6S/c1-4-27(2)35(41-37(46)42(3)25-31-16-10-11-21-38-31)36(45)40-33(22-28-12-6-5-7-13-28)34(44)26-43(24-30-14-8-9-15-30)50(48,49)32-19-17-29(18-20-32)23-39-47/h5-7,10-13,16-21,23,27,30,33-35,44,47H,4,8-9,14-15,22,24-26H2,1-3H3,(H,40,45)(H,41,46)/t27-,33-,34-,35-/m0/s1. The normalized spacial score (nSPS) is 16.2. The number of nitrogens with one attached hydrogen (secondary N) is 2. The predicted octanol–water partition coefficient (Wildman–Crippen LogP) is 4.42. The average Bonchev–Trinajstić information content (AvgIpc) is 3.64. The third kappa shape index (κ3) is 10.8. The number of nitrogens with zero attached hydrogens (tertiary/aromatic N) is 4. The molecular formula is C37H50N6O6S. The number of aliphatic hydroxyl groups excluding tert-OH is 1. The van der Waals surface area contributed by atoms with Crippen LogP contribution in [0.15, 0.2) is 89.0 Å². The lowest BCUT2D eigenvalue weighted by atomic mass is 9.96.